The van der Waals surface area contributed by atoms with Crippen molar-refractivity contribution >= 4 is 0 Å². The monoisotopic (exact) mass is 176 g/mol. The zero-order valence-electron chi connectivity index (χ0n) is 7.06. The molecule has 0 bridgehead atoms. The van der Waals surface area contributed by atoms with E-state index in [0.29, 0.717) is 25.4 Å². The van der Waals surface area contributed by atoms with Gasteiger partial charge >= 0.3 is 0 Å². The molecule has 1 fully saturated rings. The Bertz CT molecular complexity index is 147. The van der Waals surface area contributed by atoms with E-state index >= 15 is 0 Å². The van der Waals surface area contributed by atoms with Crippen molar-refractivity contribution in [2.24, 2.45) is 5.92 Å². The number of alkyl halides is 2. The van der Waals surface area contributed by atoms with E-state index in [-0.39, 0.29) is 12.8 Å². The van der Waals surface area contributed by atoms with Crippen LogP contribution in [0.2, 0.25) is 0 Å². The summed E-state index contributed by atoms with van der Waals surface area (Å²) in [5.41, 5.74) is 0. The van der Waals surface area contributed by atoms with Crippen LogP contribution in [0.3, 0.4) is 0 Å². The van der Waals surface area contributed by atoms with Crippen molar-refractivity contribution in [3.05, 3.63) is 12.8 Å². The highest BCUT2D eigenvalue weighted by Crippen LogP contribution is 2.36. The van der Waals surface area contributed by atoms with E-state index in [2.05, 4.69) is 6.58 Å². The Kier molecular flexibility index (Phi) is 3.06. The second-order valence-electron chi connectivity index (χ2n) is 3.30. The van der Waals surface area contributed by atoms with Crippen LogP contribution in [-0.2, 0) is 4.74 Å². The van der Waals surface area contributed by atoms with Crippen LogP contribution in [0.1, 0.15) is 25.7 Å². The first-order chi connectivity index (χ1) is 5.64. The number of halogens is 2. The van der Waals surface area contributed by atoms with Crippen LogP contribution < -0.4 is 0 Å². The normalized spacial score (nSPS) is 23.5. The Morgan fingerprint density at radius 2 is 2.00 bits per heavy atom. The third kappa shape index (κ3) is 2.80. The SMILES string of the molecule is C=COCC1CCC(F)(F)CC1. The molecule has 1 nitrogen and oxygen atoms in total. The van der Waals surface area contributed by atoms with Gasteiger partial charge in [0.2, 0.25) is 5.92 Å². The first-order valence-electron chi connectivity index (χ1n) is 4.24. The van der Waals surface area contributed by atoms with Crippen LogP contribution >= 0.6 is 0 Å². The van der Waals surface area contributed by atoms with E-state index < -0.39 is 5.92 Å². The molecule has 1 saturated carbocycles. The molecule has 0 aliphatic heterocycles. The van der Waals surface area contributed by atoms with E-state index in [9.17, 15) is 8.78 Å². The van der Waals surface area contributed by atoms with Gasteiger partial charge in [-0.2, -0.15) is 0 Å². The van der Waals surface area contributed by atoms with E-state index in [1.807, 2.05) is 0 Å². The molecule has 0 spiro atoms. The standard InChI is InChI=1S/C9H14F2O/c1-2-12-7-8-3-5-9(10,11)6-4-8/h2,8H,1,3-7H2. The summed E-state index contributed by atoms with van der Waals surface area (Å²) >= 11 is 0. The van der Waals surface area contributed by atoms with Gasteiger partial charge in [0.15, 0.2) is 0 Å². The number of ether oxygens (including phenoxy) is 1. The van der Waals surface area contributed by atoms with Gasteiger partial charge in [-0.3, -0.25) is 0 Å². The quantitative estimate of drug-likeness (QED) is 0.601. The predicted octanol–water partition coefficient (Wildman–Crippen LogP) is 2.97. The topological polar surface area (TPSA) is 9.23 Å². The van der Waals surface area contributed by atoms with Crippen molar-refractivity contribution in [3.8, 4) is 0 Å². The summed E-state index contributed by atoms with van der Waals surface area (Å²) in [6.45, 7) is 3.94. The van der Waals surface area contributed by atoms with Crippen LogP contribution in [0.25, 0.3) is 0 Å². The van der Waals surface area contributed by atoms with Crippen molar-refractivity contribution < 1.29 is 13.5 Å². The number of hydrogen-bond donors (Lipinski definition) is 0. The molecule has 0 atom stereocenters. The molecule has 1 aliphatic rings. The summed E-state index contributed by atoms with van der Waals surface area (Å²) in [6, 6.07) is 0. The highest BCUT2D eigenvalue weighted by molar-refractivity contribution is 4.77. The molecule has 0 aromatic rings. The maximum atomic E-state index is 12.6. The summed E-state index contributed by atoms with van der Waals surface area (Å²) < 4.78 is 30.2. The third-order valence-corrected chi connectivity index (χ3v) is 2.29. The molecule has 0 aromatic heterocycles. The maximum absolute atomic E-state index is 12.6. The van der Waals surface area contributed by atoms with Gasteiger partial charge in [-0.25, -0.2) is 8.78 Å². The fourth-order valence-electron chi connectivity index (χ4n) is 1.47. The molecular formula is C9H14F2O. The highest BCUT2D eigenvalue weighted by Gasteiger charge is 2.34. The summed E-state index contributed by atoms with van der Waals surface area (Å²) in [4.78, 5) is 0. The van der Waals surface area contributed by atoms with Crippen LogP contribution in [0.4, 0.5) is 8.78 Å². The Hall–Kier alpha value is -0.600. The molecule has 0 amide bonds. The lowest BCUT2D eigenvalue weighted by Crippen LogP contribution is -2.26. The maximum Gasteiger partial charge on any atom is 0.248 e. The fourth-order valence-corrected chi connectivity index (χ4v) is 1.47. The lowest BCUT2D eigenvalue weighted by molar-refractivity contribution is -0.0516. The summed E-state index contributed by atoms with van der Waals surface area (Å²) in [5.74, 6) is -2.13. The van der Waals surface area contributed by atoms with Crippen LogP contribution in [0, 0.1) is 5.92 Å². The molecule has 3 heteroatoms. The van der Waals surface area contributed by atoms with Crippen LogP contribution in [0.5, 0.6) is 0 Å². The minimum Gasteiger partial charge on any atom is -0.502 e. The van der Waals surface area contributed by atoms with Crippen LogP contribution in [0.15, 0.2) is 12.8 Å². The highest BCUT2D eigenvalue weighted by atomic mass is 19.3. The Morgan fingerprint density at radius 1 is 1.42 bits per heavy atom. The van der Waals surface area contributed by atoms with Crippen molar-refractivity contribution in [1.29, 1.82) is 0 Å². The third-order valence-electron chi connectivity index (χ3n) is 2.29. The van der Waals surface area contributed by atoms with Crippen molar-refractivity contribution in [1.82, 2.24) is 0 Å². The molecular weight excluding hydrogens is 162 g/mol. The summed E-state index contributed by atoms with van der Waals surface area (Å²) in [7, 11) is 0. The second-order valence-corrected chi connectivity index (χ2v) is 3.30. The van der Waals surface area contributed by atoms with E-state index in [1.54, 1.807) is 0 Å². The van der Waals surface area contributed by atoms with Gasteiger partial charge < -0.3 is 4.74 Å². The van der Waals surface area contributed by atoms with Crippen molar-refractivity contribution in [2.75, 3.05) is 6.61 Å². The average molecular weight is 176 g/mol. The van der Waals surface area contributed by atoms with Gasteiger partial charge in [-0.1, -0.05) is 6.58 Å². The lowest BCUT2D eigenvalue weighted by Gasteiger charge is -2.27. The van der Waals surface area contributed by atoms with E-state index in [4.69, 9.17) is 4.74 Å². The first-order valence-corrected chi connectivity index (χ1v) is 4.24. The molecule has 0 radical (unpaired) electrons. The van der Waals surface area contributed by atoms with Crippen LogP contribution in [-0.4, -0.2) is 12.5 Å². The molecule has 0 aromatic carbocycles. The predicted molar refractivity (Wildman–Crippen MR) is 43.1 cm³/mol. The summed E-state index contributed by atoms with van der Waals surface area (Å²) in [5, 5.41) is 0. The van der Waals surface area contributed by atoms with E-state index in [0.717, 1.165) is 0 Å². The Labute approximate surface area is 71.4 Å². The zero-order valence-corrected chi connectivity index (χ0v) is 7.06. The second kappa shape index (κ2) is 3.87. The first kappa shape index (κ1) is 9.49. The lowest BCUT2D eigenvalue weighted by atomic mass is 9.87. The number of rotatable bonds is 3. The van der Waals surface area contributed by atoms with Gasteiger partial charge in [0.05, 0.1) is 12.9 Å². The Balaban J connectivity index is 2.22. The minimum atomic E-state index is -2.43. The van der Waals surface area contributed by atoms with Crippen molar-refractivity contribution in [2.45, 2.75) is 31.6 Å². The smallest absolute Gasteiger partial charge is 0.248 e. The van der Waals surface area contributed by atoms with Gasteiger partial charge in [0.1, 0.15) is 0 Å². The Morgan fingerprint density at radius 3 is 2.50 bits per heavy atom. The van der Waals surface area contributed by atoms with Gasteiger partial charge in [0.25, 0.3) is 0 Å². The van der Waals surface area contributed by atoms with Gasteiger partial charge in [-0.05, 0) is 18.8 Å². The molecule has 0 unspecified atom stereocenters. The van der Waals surface area contributed by atoms with Gasteiger partial charge in [-0.15, -0.1) is 0 Å². The average Bonchev–Trinajstić information content (AvgIpc) is 2.03. The van der Waals surface area contributed by atoms with E-state index in [1.165, 1.54) is 6.26 Å². The molecule has 12 heavy (non-hydrogen) atoms. The molecule has 70 valence electrons. The molecule has 0 heterocycles. The zero-order chi connectivity index (χ0) is 9.03. The largest absolute Gasteiger partial charge is 0.502 e. The van der Waals surface area contributed by atoms with Crippen molar-refractivity contribution in [3.63, 3.8) is 0 Å². The molecule has 1 rings (SSSR count). The minimum absolute atomic E-state index is 0.0121. The summed E-state index contributed by atoms with van der Waals surface area (Å²) in [6.07, 6.45) is 2.53. The fraction of sp³-hybridized carbons (Fsp3) is 0.778. The molecule has 1 aliphatic carbocycles. The molecule has 0 N–H and O–H groups in total. The molecule has 0 saturated heterocycles. The van der Waals surface area contributed by atoms with Gasteiger partial charge in [0, 0.05) is 12.8 Å². The number of hydrogen-bond acceptors (Lipinski definition) is 1.